The number of methoxy groups -OCH3 is 1. The lowest BCUT2D eigenvalue weighted by Crippen LogP contribution is -2.22. The molecule has 1 aromatic carbocycles. The van der Waals surface area contributed by atoms with Crippen LogP contribution in [0, 0.1) is 5.92 Å². The summed E-state index contributed by atoms with van der Waals surface area (Å²) < 4.78 is 5.34. The second-order valence-corrected chi connectivity index (χ2v) is 3.75. The van der Waals surface area contributed by atoms with Crippen LogP contribution in [-0.2, 0) is 0 Å². The molecule has 0 aromatic heterocycles. The van der Waals surface area contributed by atoms with Crippen LogP contribution < -0.4 is 10.1 Å². The van der Waals surface area contributed by atoms with Gasteiger partial charge in [-0.1, -0.05) is 32.0 Å². The highest BCUT2D eigenvalue weighted by atomic mass is 16.5. The van der Waals surface area contributed by atoms with Crippen molar-refractivity contribution in [3.05, 3.63) is 29.8 Å². The largest absolute Gasteiger partial charge is 0.496 e. The highest BCUT2D eigenvalue weighted by Gasteiger charge is 2.16. The molecule has 0 saturated carbocycles. The summed E-state index contributed by atoms with van der Waals surface area (Å²) in [6, 6.07) is 8.51. The molecule has 0 radical (unpaired) electrons. The minimum Gasteiger partial charge on any atom is -0.496 e. The molecule has 0 fully saturated rings. The van der Waals surface area contributed by atoms with Crippen LogP contribution in [0.4, 0.5) is 0 Å². The fourth-order valence-electron chi connectivity index (χ4n) is 1.77. The SMILES string of the molecule is CNC(c1ccccc1OC)C(C)C. The van der Waals surface area contributed by atoms with Gasteiger partial charge in [0.05, 0.1) is 7.11 Å². The topological polar surface area (TPSA) is 21.3 Å². The Hall–Kier alpha value is -1.02. The number of nitrogens with one attached hydrogen (secondary N) is 1. The predicted molar refractivity (Wildman–Crippen MR) is 59.6 cm³/mol. The molecule has 0 spiro atoms. The lowest BCUT2D eigenvalue weighted by molar-refractivity contribution is 0.381. The van der Waals surface area contributed by atoms with E-state index in [1.165, 1.54) is 5.56 Å². The zero-order valence-corrected chi connectivity index (χ0v) is 9.37. The van der Waals surface area contributed by atoms with Crippen molar-refractivity contribution >= 4 is 0 Å². The van der Waals surface area contributed by atoms with E-state index in [1.54, 1.807) is 7.11 Å². The van der Waals surface area contributed by atoms with Crippen LogP contribution in [-0.4, -0.2) is 14.2 Å². The van der Waals surface area contributed by atoms with Gasteiger partial charge in [0, 0.05) is 11.6 Å². The van der Waals surface area contributed by atoms with Crippen molar-refractivity contribution in [2.75, 3.05) is 14.2 Å². The zero-order valence-electron chi connectivity index (χ0n) is 9.37. The lowest BCUT2D eigenvalue weighted by Gasteiger charge is -2.22. The maximum atomic E-state index is 5.34. The summed E-state index contributed by atoms with van der Waals surface area (Å²) in [5.41, 5.74) is 1.23. The Kier molecular flexibility index (Phi) is 3.96. The molecule has 0 heterocycles. The summed E-state index contributed by atoms with van der Waals surface area (Å²) >= 11 is 0. The number of hydrogen-bond donors (Lipinski definition) is 1. The summed E-state index contributed by atoms with van der Waals surface area (Å²) in [6.07, 6.45) is 0. The first-order chi connectivity index (χ1) is 6.70. The quantitative estimate of drug-likeness (QED) is 0.793. The molecular formula is C12H19NO. The Bertz CT molecular complexity index is 283. The highest BCUT2D eigenvalue weighted by Crippen LogP contribution is 2.29. The van der Waals surface area contributed by atoms with Crippen molar-refractivity contribution in [2.24, 2.45) is 5.92 Å². The van der Waals surface area contributed by atoms with Gasteiger partial charge >= 0.3 is 0 Å². The van der Waals surface area contributed by atoms with Crippen molar-refractivity contribution in [3.63, 3.8) is 0 Å². The normalized spacial score (nSPS) is 12.9. The van der Waals surface area contributed by atoms with Crippen LogP contribution in [0.5, 0.6) is 5.75 Å². The predicted octanol–water partition coefficient (Wildman–Crippen LogP) is 2.61. The molecule has 0 amide bonds. The summed E-state index contributed by atoms with van der Waals surface area (Å²) in [7, 11) is 3.70. The van der Waals surface area contributed by atoms with Crippen LogP contribution in [0.25, 0.3) is 0 Å². The molecule has 2 heteroatoms. The van der Waals surface area contributed by atoms with Gasteiger partial charge < -0.3 is 10.1 Å². The molecule has 2 nitrogen and oxygen atoms in total. The maximum Gasteiger partial charge on any atom is 0.123 e. The molecule has 0 aliphatic heterocycles. The lowest BCUT2D eigenvalue weighted by atomic mass is 9.95. The van der Waals surface area contributed by atoms with E-state index in [4.69, 9.17) is 4.74 Å². The average Bonchev–Trinajstić information content (AvgIpc) is 2.19. The first kappa shape index (κ1) is 11.1. The van der Waals surface area contributed by atoms with E-state index in [0.717, 1.165) is 5.75 Å². The Labute approximate surface area is 86.3 Å². The van der Waals surface area contributed by atoms with Gasteiger partial charge in [0.2, 0.25) is 0 Å². The maximum absolute atomic E-state index is 5.34. The number of rotatable bonds is 4. The van der Waals surface area contributed by atoms with Gasteiger partial charge in [-0.05, 0) is 19.0 Å². The molecule has 0 aliphatic carbocycles. The second-order valence-electron chi connectivity index (χ2n) is 3.75. The van der Waals surface area contributed by atoms with Crippen LogP contribution in [0.3, 0.4) is 0 Å². The number of hydrogen-bond acceptors (Lipinski definition) is 2. The molecule has 1 N–H and O–H groups in total. The smallest absolute Gasteiger partial charge is 0.123 e. The number of para-hydroxylation sites is 1. The Morgan fingerprint density at radius 3 is 2.36 bits per heavy atom. The van der Waals surface area contributed by atoms with Crippen molar-refractivity contribution in [1.29, 1.82) is 0 Å². The van der Waals surface area contributed by atoms with Crippen LogP contribution in [0.2, 0.25) is 0 Å². The minimum absolute atomic E-state index is 0.353. The third-order valence-electron chi connectivity index (χ3n) is 2.45. The van der Waals surface area contributed by atoms with Gasteiger partial charge in [-0.3, -0.25) is 0 Å². The molecule has 0 saturated heterocycles. The summed E-state index contributed by atoms with van der Waals surface area (Å²) in [5, 5.41) is 3.31. The molecule has 78 valence electrons. The third-order valence-corrected chi connectivity index (χ3v) is 2.45. The second kappa shape index (κ2) is 5.01. The molecule has 14 heavy (non-hydrogen) atoms. The van der Waals surface area contributed by atoms with E-state index in [2.05, 4.69) is 25.2 Å². The summed E-state index contributed by atoms with van der Waals surface area (Å²) in [5.74, 6) is 1.51. The van der Waals surface area contributed by atoms with Gasteiger partial charge in [0.25, 0.3) is 0 Å². The molecule has 1 unspecified atom stereocenters. The minimum atomic E-state index is 0.353. The van der Waals surface area contributed by atoms with Crippen molar-refractivity contribution in [1.82, 2.24) is 5.32 Å². The van der Waals surface area contributed by atoms with Gasteiger partial charge in [0.1, 0.15) is 5.75 Å². The van der Waals surface area contributed by atoms with Crippen LogP contribution in [0.15, 0.2) is 24.3 Å². The van der Waals surface area contributed by atoms with Crippen LogP contribution in [0.1, 0.15) is 25.5 Å². The summed E-state index contributed by atoms with van der Waals surface area (Å²) in [4.78, 5) is 0. The average molecular weight is 193 g/mol. The fourth-order valence-corrected chi connectivity index (χ4v) is 1.77. The Morgan fingerprint density at radius 2 is 1.86 bits per heavy atom. The molecule has 0 aliphatic rings. The van der Waals surface area contributed by atoms with Gasteiger partial charge in [-0.15, -0.1) is 0 Å². The Morgan fingerprint density at radius 1 is 1.21 bits per heavy atom. The van der Waals surface area contributed by atoms with E-state index < -0.39 is 0 Å². The van der Waals surface area contributed by atoms with Crippen molar-refractivity contribution < 1.29 is 4.74 Å². The molecule has 1 atom stereocenters. The van der Waals surface area contributed by atoms with E-state index in [-0.39, 0.29) is 0 Å². The third kappa shape index (κ3) is 2.26. The van der Waals surface area contributed by atoms with Gasteiger partial charge in [0.15, 0.2) is 0 Å². The molecule has 1 aromatic rings. The Balaban J connectivity index is 3.02. The van der Waals surface area contributed by atoms with Gasteiger partial charge in [-0.2, -0.15) is 0 Å². The monoisotopic (exact) mass is 193 g/mol. The first-order valence-electron chi connectivity index (χ1n) is 5.01. The van der Waals surface area contributed by atoms with Gasteiger partial charge in [-0.25, -0.2) is 0 Å². The van der Waals surface area contributed by atoms with E-state index >= 15 is 0 Å². The number of benzene rings is 1. The molecule has 1 rings (SSSR count). The number of ether oxygens (including phenoxy) is 1. The van der Waals surface area contributed by atoms with E-state index in [0.29, 0.717) is 12.0 Å². The fraction of sp³-hybridized carbons (Fsp3) is 0.500. The zero-order chi connectivity index (χ0) is 10.6. The molecular weight excluding hydrogens is 174 g/mol. The van der Waals surface area contributed by atoms with Crippen molar-refractivity contribution in [3.8, 4) is 5.75 Å². The summed E-state index contributed by atoms with van der Waals surface area (Å²) in [6.45, 7) is 4.40. The van der Waals surface area contributed by atoms with E-state index in [1.807, 2.05) is 25.2 Å². The highest BCUT2D eigenvalue weighted by molar-refractivity contribution is 5.36. The molecule has 0 bridgehead atoms. The first-order valence-corrected chi connectivity index (χ1v) is 5.01. The van der Waals surface area contributed by atoms with Crippen LogP contribution >= 0.6 is 0 Å². The van der Waals surface area contributed by atoms with Crippen molar-refractivity contribution in [2.45, 2.75) is 19.9 Å². The standard InChI is InChI=1S/C12H19NO/c1-9(2)12(13-3)10-7-5-6-8-11(10)14-4/h5-9,12-13H,1-4H3. The van der Waals surface area contributed by atoms with E-state index in [9.17, 15) is 0 Å².